The van der Waals surface area contributed by atoms with E-state index in [4.69, 9.17) is 4.42 Å². The van der Waals surface area contributed by atoms with Crippen molar-refractivity contribution < 1.29 is 4.42 Å². The van der Waals surface area contributed by atoms with Crippen molar-refractivity contribution >= 4 is 81.3 Å². The molecule has 11 aromatic rings. The third kappa shape index (κ3) is 4.65. The zero-order valence-corrected chi connectivity index (χ0v) is 33.0. The summed E-state index contributed by atoms with van der Waals surface area (Å²) < 4.78 is 9.84. The molecule has 0 unspecified atom stereocenters. The summed E-state index contributed by atoms with van der Waals surface area (Å²) in [7, 11) is 0. The van der Waals surface area contributed by atoms with E-state index in [0.717, 1.165) is 22.5 Å². The van der Waals surface area contributed by atoms with Gasteiger partial charge in [-0.25, -0.2) is 0 Å². The predicted molar refractivity (Wildman–Crippen MR) is 247 cm³/mol. The Morgan fingerprint density at radius 3 is 1.90 bits per heavy atom. The van der Waals surface area contributed by atoms with E-state index in [1.807, 2.05) is 11.3 Å². The molecule has 0 saturated carbocycles. The molecule has 58 heavy (non-hydrogen) atoms. The summed E-state index contributed by atoms with van der Waals surface area (Å²) in [5, 5.41) is 7.46. The van der Waals surface area contributed by atoms with Crippen molar-refractivity contribution in [3.8, 4) is 33.4 Å². The van der Waals surface area contributed by atoms with Crippen LogP contribution in [0.25, 0.3) is 86.3 Å². The first-order chi connectivity index (χ1) is 28.6. The number of furan rings is 1. The van der Waals surface area contributed by atoms with E-state index in [9.17, 15) is 0 Å². The fourth-order valence-electron chi connectivity index (χ4n) is 10.1. The molecule has 0 radical (unpaired) electrons. The maximum absolute atomic E-state index is 7.22. The Bertz CT molecular complexity index is 3430. The van der Waals surface area contributed by atoms with Crippen molar-refractivity contribution in [3.05, 3.63) is 199 Å². The second kappa shape index (κ2) is 12.5. The Hall–Kier alpha value is -6.94. The minimum Gasteiger partial charge on any atom is -0.455 e. The van der Waals surface area contributed by atoms with Crippen LogP contribution in [-0.2, 0) is 5.41 Å². The lowest BCUT2D eigenvalue weighted by molar-refractivity contribution is 0.658. The molecule has 12 rings (SSSR count). The molecule has 274 valence electrons. The number of benzene rings is 9. The molecule has 1 aliphatic rings. The van der Waals surface area contributed by atoms with Gasteiger partial charge in [-0.3, -0.25) is 0 Å². The van der Waals surface area contributed by atoms with Gasteiger partial charge in [-0.2, -0.15) is 0 Å². The summed E-state index contributed by atoms with van der Waals surface area (Å²) in [4.78, 5) is 2.47. The van der Waals surface area contributed by atoms with Gasteiger partial charge in [-0.05, 0) is 75.0 Å². The second-order valence-electron chi connectivity index (χ2n) is 15.9. The Kier molecular flexibility index (Phi) is 7.18. The van der Waals surface area contributed by atoms with Gasteiger partial charge in [0, 0.05) is 58.7 Å². The minimum absolute atomic E-state index is 0.367. The molecule has 0 bridgehead atoms. The minimum atomic E-state index is -0.367. The van der Waals surface area contributed by atoms with Crippen molar-refractivity contribution in [1.82, 2.24) is 0 Å². The standard InChI is InChI=1S/C55H37NOS/c1-55(2)51-43(29-16-31-45(51)56(35-20-7-4-8-21-35)44-30-13-11-22-36(44)34-18-5-3-6-19-34)50-52(55)40-25-10-9-24-38(40)49-48-39(26-17-32-46(48)57-53(49)50)42-28-15-27-41-37-23-12-14-33-47(37)58-54(41)42/h3-33H,1-2H3. The maximum Gasteiger partial charge on any atom is 0.144 e. The number of fused-ring (bicyclic) bond motifs is 13. The first kappa shape index (κ1) is 33.2. The van der Waals surface area contributed by atoms with Crippen molar-refractivity contribution in [2.75, 3.05) is 4.90 Å². The van der Waals surface area contributed by atoms with Crippen LogP contribution in [0.2, 0.25) is 0 Å². The van der Waals surface area contributed by atoms with Gasteiger partial charge >= 0.3 is 0 Å². The summed E-state index contributed by atoms with van der Waals surface area (Å²) >= 11 is 1.88. The van der Waals surface area contributed by atoms with Crippen molar-refractivity contribution in [2.45, 2.75) is 19.3 Å². The third-order valence-corrected chi connectivity index (χ3v) is 13.6. The van der Waals surface area contributed by atoms with Gasteiger partial charge < -0.3 is 9.32 Å². The molecule has 0 N–H and O–H groups in total. The van der Waals surface area contributed by atoms with E-state index in [1.165, 1.54) is 91.9 Å². The van der Waals surface area contributed by atoms with Gasteiger partial charge in [0.1, 0.15) is 11.2 Å². The second-order valence-corrected chi connectivity index (χ2v) is 17.0. The summed E-state index contributed by atoms with van der Waals surface area (Å²) in [6, 6.07) is 68.4. The molecule has 2 heterocycles. The van der Waals surface area contributed by atoms with Crippen LogP contribution in [0.5, 0.6) is 0 Å². The van der Waals surface area contributed by atoms with Gasteiger partial charge in [0.15, 0.2) is 0 Å². The predicted octanol–water partition coefficient (Wildman–Crippen LogP) is 16.2. The number of hydrogen-bond acceptors (Lipinski definition) is 3. The summed E-state index contributed by atoms with van der Waals surface area (Å²) in [6.07, 6.45) is 0. The summed E-state index contributed by atoms with van der Waals surface area (Å²) in [6.45, 7) is 4.81. The Labute approximate surface area is 340 Å². The fraction of sp³-hybridized carbons (Fsp3) is 0.0545. The van der Waals surface area contributed by atoms with E-state index in [1.54, 1.807) is 0 Å². The molecule has 0 amide bonds. The molecule has 0 spiro atoms. The molecule has 1 aliphatic carbocycles. The van der Waals surface area contributed by atoms with Crippen LogP contribution in [0.4, 0.5) is 17.1 Å². The number of thiophene rings is 1. The molecule has 9 aromatic carbocycles. The normalized spacial score (nSPS) is 13.1. The van der Waals surface area contributed by atoms with Crippen LogP contribution in [0.15, 0.2) is 192 Å². The quantitative estimate of drug-likeness (QED) is 0.174. The van der Waals surface area contributed by atoms with Gasteiger partial charge in [-0.1, -0.05) is 166 Å². The number of nitrogens with zero attached hydrogens (tertiary/aromatic N) is 1. The number of para-hydroxylation sites is 2. The number of rotatable bonds is 5. The highest BCUT2D eigenvalue weighted by Gasteiger charge is 2.43. The molecule has 2 nitrogen and oxygen atoms in total. The fourth-order valence-corrected chi connectivity index (χ4v) is 11.3. The van der Waals surface area contributed by atoms with Crippen molar-refractivity contribution in [2.24, 2.45) is 0 Å². The van der Waals surface area contributed by atoms with Gasteiger partial charge in [0.25, 0.3) is 0 Å². The molecule has 0 aliphatic heterocycles. The Morgan fingerprint density at radius 2 is 1.05 bits per heavy atom. The topological polar surface area (TPSA) is 16.4 Å². The van der Waals surface area contributed by atoms with Crippen LogP contribution in [0.3, 0.4) is 0 Å². The number of hydrogen-bond donors (Lipinski definition) is 0. The van der Waals surface area contributed by atoms with Gasteiger partial charge in [0.2, 0.25) is 0 Å². The van der Waals surface area contributed by atoms with E-state index in [-0.39, 0.29) is 5.41 Å². The maximum atomic E-state index is 7.22. The van der Waals surface area contributed by atoms with Gasteiger partial charge in [-0.15, -0.1) is 11.3 Å². The highest BCUT2D eigenvalue weighted by atomic mass is 32.1. The summed E-state index contributed by atoms with van der Waals surface area (Å²) in [5.41, 5.74) is 14.8. The summed E-state index contributed by atoms with van der Waals surface area (Å²) in [5.74, 6) is 0. The van der Waals surface area contributed by atoms with Crippen LogP contribution >= 0.6 is 11.3 Å². The lowest BCUT2D eigenvalue weighted by atomic mass is 9.78. The highest BCUT2D eigenvalue weighted by Crippen LogP contribution is 2.60. The first-order valence-corrected chi connectivity index (χ1v) is 20.8. The average molecular weight is 760 g/mol. The first-order valence-electron chi connectivity index (χ1n) is 20.0. The average Bonchev–Trinajstić information content (AvgIpc) is 3.93. The monoisotopic (exact) mass is 759 g/mol. The molecular formula is C55H37NOS. The van der Waals surface area contributed by atoms with Crippen LogP contribution in [0.1, 0.15) is 25.0 Å². The van der Waals surface area contributed by atoms with Crippen molar-refractivity contribution in [1.29, 1.82) is 0 Å². The van der Waals surface area contributed by atoms with E-state index >= 15 is 0 Å². The molecule has 0 atom stereocenters. The van der Waals surface area contributed by atoms with E-state index in [2.05, 4.69) is 207 Å². The zero-order chi connectivity index (χ0) is 38.5. The van der Waals surface area contributed by atoms with E-state index in [0.29, 0.717) is 0 Å². The smallest absolute Gasteiger partial charge is 0.144 e. The SMILES string of the molecule is CC1(C)c2c(cccc2N(c2ccccc2)c2ccccc2-c2ccccc2)-c2c1c1ccccc1c1c2oc2cccc(-c3cccc4c3sc3ccccc34)c21. The zero-order valence-electron chi connectivity index (χ0n) is 32.2. The number of anilines is 3. The molecule has 0 fully saturated rings. The van der Waals surface area contributed by atoms with Crippen LogP contribution < -0.4 is 4.90 Å². The third-order valence-electron chi connectivity index (χ3n) is 12.4. The molecule has 3 heteroatoms. The van der Waals surface area contributed by atoms with Crippen LogP contribution in [-0.4, -0.2) is 0 Å². The molecule has 0 saturated heterocycles. The van der Waals surface area contributed by atoms with Gasteiger partial charge in [0.05, 0.1) is 11.4 Å². The Morgan fingerprint density at radius 1 is 0.448 bits per heavy atom. The van der Waals surface area contributed by atoms with Crippen molar-refractivity contribution in [3.63, 3.8) is 0 Å². The van der Waals surface area contributed by atoms with E-state index < -0.39 is 0 Å². The Balaban J connectivity index is 1.17. The molecule has 2 aromatic heterocycles. The molecular weight excluding hydrogens is 723 g/mol. The van der Waals surface area contributed by atoms with Crippen LogP contribution in [0, 0.1) is 0 Å². The highest BCUT2D eigenvalue weighted by molar-refractivity contribution is 7.26. The lowest BCUT2D eigenvalue weighted by Gasteiger charge is -2.33. The largest absolute Gasteiger partial charge is 0.455 e. The lowest BCUT2D eigenvalue weighted by Crippen LogP contribution is -2.21.